The first-order valence-electron chi connectivity index (χ1n) is 8.18. The van der Waals surface area contributed by atoms with Gasteiger partial charge < -0.3 is 9.31 Å². The lowest BCUT2D eigenvalue weighted by atomic mass is 9.79. The standard InChI is InChI=1S/C17H24BNO4S2/c1-16(2)17(3,4)23-18(22-16)13-7-8-14-12(11-24-15(14)9-13)10-19(5)25(6,20)21/h7-9,11H,10H2,1-6H3. The molecule has 8 heteroatoms. The van der Waals surface area contributed by atoms with E-state index in [1.54, 1.807) is 18.4 Å². The molecule has 0 bridgehead atoms. The number of sulfonamides is 1. The lowest BCUT2D eigenvalue weighted by molar-refractivity contribution is 0.00578. The van der Waals surface area contributed by atoms with Gasteiger partial charge in [0.15, 0.2) is 0 Å². The Morgan fingerprint density at radius 3 is 2.32 bits per heavy atom. The van der Waals surface area contributed by atoms with Gasteiger partial charge in [0.2, 0.25) is 10.0 Å². The van der Waals surface area contributed by atoms with Crippen molar-refractivity contribution in [3.05, 3.63) is 29.1 Å². The van der Waals surface area contributed by atoms with E-state index in [4.69, 9.17) is 9.31 Å². The van der Waals surface area contributed by atoms with Crippen LogP contribution in [0.2, 0.25) is 0 Å². The second kappa shape index (κ2) is 6.06. The molecule has 1 aliphatic heterocycles. The fourth-order valence-electron chi connectivity index (χ4n) is 2.71. The van der Waals surface area contributed by atoms with Crippen LogP contribution in [0.15, 0.2) is 23.6 Å². The minimum atomic E-state index is -3.20. The molecule has 2 heterocycles. The van der Waals surface area contributed by atoms with E-state index in [2.05, 4.69) is 6.07 Å². The third-order valence-corrected chi connectivity index (χ3v) is 7.42. The summed E-state index contributed by atoms with van der Waals surface area (Å²) in [7, 11) is -1.99. The van der Waals surface area contributed by atoms with Crippen molar-refractivity contribution in [1.29, 1.82) is 0 Å². The zero-order chi connectivity index (χ0) is 18.6. The highest BCUT2D eigenvalue weighted by molar-refractivity contribution is 7.88. The maximum atomic E-state index is 11.6. The SMILES string of the molecule is CN(Cc1csc2cc(B3OC(C)(C)C(C)(C)O3)ccc12)S(C)(=O)=O. The van der Waals surface area contributed by atoms with Crippen LogP contribution in [0.25, 0.3) is 10.1 Å². The van der Waals surface area contributed by atoms with Gasteiger partial charge in [-0.25, -0.2) is 12.7 Å². The van der Waals surface area contributed by atoms with Crippen molar-refractivity contribution in [2.45, 2.75) is 45.4 Å². The van der Waals surface area contributed by atoms with Gasteiger partial charge in [-0.1, -0.05) is 12.1 Å². The molecule has 0 unspecified atom stereocenters. The minimum Gasteiger partial charge on any atom is -0.399 e. The molecule has 0 spiro atoms. The molecule has 3 rings (SSSR count). The van der Waals surface area contributed by atoms with Gasteiger partial charge in [-0.15, -0.1) is 11.3 Å². The third kappa shape index (κ3) is 3.50. The second-order valence-corrected chi connectivity index (χ2v) is 10.6. The molecule has 0 radical (unpaired) electrons. The highest BCUT2D eigenvalue weighted by Crippen LogP contribution is 2.37. The van der Waals surface area contributed by atoms with Gasteiger partial charge in [0.25, 0.3) is 0 Å². The van der Waals surface area contributed by atoms with E-state index in [0.717, 1.165) is 21.1 Å². The van der Waals surface area contributed by atoms with E-state index >= 15 is 0 Å². The lowest BCUT2D eigenvalue weighted by Crippen LogP contribution is -2.41. The van der Waals surface area contributed by atoms with Gasteiger partial charge in [-0.05, 0) is 55.6 Å². The Kier molecular flexibility index (Phi) is 4.57. The third-order valence-electron chi connectivity index (χ3n) is 5.16. The molecule has 5 nitrogen and oxygen atoms in total. The number of hydrogen-bond acceptors (Lipinski definition) is 5. The number of rotatable bonds is 4. The first kappa shape index (κ1) is 18.9. The summed E-state index contributed by atoms with van der Waals surface area (Å²) < 4.78 is 38.0. The minimum absolute atomic E-state index is 0.370. The molecule has 1 aromatic carbocycles. The van der Waals surface area contributed by atoms with Gasteiger partial charge in [-0.3, -0.25) is 0 Å². The molecule has 0 saturated carbocycles. The highest BCUT2D eigenvalue weighted by Gasteiger charge is 2.51. The zero-order valence-electron chi connectivity index (χ0n) is 15.5. The Hall–Kier alpha value is -0.925. The molecule has 0 amide bonds. The van der Waals surface area contributed by atoms with Crippen LogP contribution in [0.4, 0.5) is 0 Å². The topological polar surface area (TPSA) is 55.8 Å². The van der Waals surface area contributed by atoms with Crippen molar-refractivity contribution in [2.24, 2.45) is 0 Å². The monoisotopic (exact) mass is 381 g/mol. The van der Waals surface area contributed by atoms with Crippen LogP contribution in [0, 0.1) is 0 Å². The smallest absolute Gasteiger partial charge is 0.399 e. The summed E-state index contributed by atoms with van der Waals surface area (Å²) in [6.45, 7) is 8.52. The van der Waals surface area contributed by atoms with Gasteiger partial charge in [0.05, 0.1) is 17.5 Å². The van der Waals surface area contributed by atoms with Crippen molar-refractivity contribution in [3.8, 4) is 0 Å². The van der Waals surface area contributed by atoms with Gasteiger partial charge in [0, 0.05) is 18.3 Å². The summed E-state index contributed by atoms with van der Waals surface area (Å²) in [5.41, 5.74) is 1.25. The molecular formula is C17H24BNO4S2. The molecule has 1 fully saturated rings. The summed E-state index contributed by atoms with van der Waals surface area (Å²) in [5, 5.41) is 3.08. The largest absolute Gasteiger partial charge is 0.494 e. The van der Waals surface area contributed by atoms with Crippen LogP contribution in [0.1, 0.15) is 33.3 Å². The number of nitrogens with zero attached hydrogens (tertiary/aromatic N) is 1. The fourth-order valence-corrected chi connectivity index (χ4v) is 4.08. The van der Waals surface area contributed by atoms with Crippen molar-refractivity contribution in [3.63, 3.8) is 0 Å². The first-order chi connectivity index (χ1) is 11.4. The quantitative estimate of drug-likeness (QED) is 0.764. The van der Waals surface area contributed by atoms with Crippen LogP contribution < -0.4 is 5.46 Å². The van der Waals surface area contributed by atoms with Crippen LogP contribution in [-0.4, -0.2) is 44.3 Å². The van der Waals surface area contributed by atoms with E-state index in [1.807, 2.05) is 45.2 Å². The Balaban J connectivity index is 1.88. The molecule has 2 aromatic rings. The maximum Gasteiger partial charge on any atom is 0.494 e. The average Bonchev–Trinajstić information content (AvgIpc) is 2.96. The van der Waals surface area contributed by atoms with Gasteiger partial charge in [-0.2, -0.15) is 0 Å². The number of thiophene rings is 1. The normalized spacial score (nSPS) is 19.9. The van der Waals surface area contributed by atoms with E-state index in [0.29, 0.717) is 6.54 Å². The molecule has 136 valence electrons. The van der Waals surface area contributed by atoms with Gasteiger partial charge in [0.1, 0.15) is 0 Å². The summed E-state index contributed by atoms with van der Waals surface area (Å²) in [6, 6.07) is 6.10. The second-order valence-electron chi connectivity index (χ2n) is 7.62. The van der Waals surface area contributed by atoms with E-state index < -0.39 is 17.1 Å². The van der Waals surface area contributed by atoms with Crippen LogP contribution >= 0.6 is 11.3 Å². The number of hydrogen-bond donors (Lipinski definition) is 0. The summed E-state index contributed by atoms with van der Waals surface area (Å²) in [4.78, 5) is 0. The van der Waals surface area contributed by atoms with E-state index in [9.17, 15) is 8.42 Å². The molecule has 25 heavy (non-hydrogen) atoms. The molecule has 0 N–H and O–H groups in total. The average molecular weight is 381 g/mol. The number of fused-ring (bicyclic) bond motifs is 1. The molecular weight excluding hydrogens is 357 g/mol. The predicted molar refractivity (Wildman–Crippen MR) is 104 cm³/mol. The molecule has 1 aliphatic rings. The fraction of sp³-hybridized carbons (Fsp3) is 0.529. The summed E-state index contributed by atoms with van der Waals surface area (Å²) in [6.07, 6.45) is 1.22. The van der Waals surface area contributed by atoms with Crippen LogP contribution in [-0.2, 0) is 25.9 Å². The molecule has 1 saturated heterocycles. The molecule has 1 aromatic heterocycles. The van der Waals surface area contributed by atoms with Crippen LogP contribution in [0.5, 0.6) is 0 Å². The molecule has 0 aliphatic carbocycles. The van der Waals surface area contributed by atoms with E-state index in [-0.39, 0.29) is 11.2 Å². The highest BCUT2D eigenvalue weighted by atomic mass is 32.2. The van der Waals surface area contributed by atoms with Crippen molar-refractivity contribution in [2.75, 3.05) is 13.3 Å². The van der Waals surface area contributed by atoms with Crippen LogP contribution in [0.3, 0.4) is 0 Å². The summed E-state index contributed by atoms with van der Waals surface area (Å²) in [5.74, 6) is 0. The number of benzene rings is 1. The Labute approximate surface area is 154 Å². The predicted octanol–water partition coefficient (Wildman–Crippen LogP) is 2.59. The Morgan fingerprint density at radius 1 is 1.16 bits per heavy atom. The van der Waals surface area contributed by atoms with Crippen molar-refractivity contribution < 1.29 is 17.7 Å². The Bertz CT molecular complexity index is 889. The first-order valence-corrected chi connectivity index (χ1v) is 10.9. The lowest BCUT2D eigenvalue weighted by Gasteiger charge is -2.32. The molecule has 0 atom stereocenters. The zero-order valence-corrected chi connectivity index (χ0v) is 17.1. The van der Waals surface area contributed by atoms with Crippen molar-refractivity contribution in [1.82, 2.24) is 4.31 Å². The maximum absolute atomic E-state index is 11.6. The van der Waals surface area contributed by atoms with E-state index in [1.165, 1.54) is 10.6 Å². The summed E-state index contributed by atoms with van der Waals surface area (Å²) >= 11 is 1.61. The Morgan fingerprint density at radius 2 is 1.76 bits per heavy atom. The van der Waals surface area contributed by atoms with Crippen molar-refractivity contribution >= 4 is 44.0 Å². The van der Waals surface area contributed by atoms with Gasteiger partial charge >= 0.3 is 7.12 Å².